The van der Waals surface area contributed by atoms with Gasteiger partial charge in [0.1, 0.15) is 0 Å². The van der Waals surface area contributed by atoms with Crippen molar-refractivity contribution >= 4 is 11.7 Å². The van der Waals surface area contributed by atoms with Gasteiger partial charge in [0.15, 0.2) is 0 Å². The Morgan fingerprint density at radius 1 is 0.963 bits per heavy atom. The summed E-state index contributed by atoms with van der Waals surface area (Å²) >= 11 is 0. The summed E-state index contributed by atoms with van der Waals surface area (Å²) in [5.41, 5.74) is 2.94. The molecular weight excluding hydrogens is 332 g/mol. The average molecular weight is 371 g/mol. The molecule has 0 aromatic heterocycles. The first-order valence-corrected chi connectivity index (χ1v) is 9.93. The lowest BCUT2D eigenvalue weighted by molar-refractivity contribution is 0.248. The van der Waals surface area contributed by atoms with Crippen molar-refractivity contribution in [3.63, 3.8) is 0 Å². The summed E-state index contributed by atoms with van der Waals surface area (Å²) < 4.78 is 0. The Kier molecular flexibility index (Phi) is 18.0. The number of nitrogens with zero attached hydrogens (tertiary/aromatic N) is 1. The lowest BCUT2D eigenvalue weighted by atomic mass is 10.2. The number of rotatable bonds is 4. The minimum Gasteiger partial charge on any atom is -0.333 e. The number of carbonyl (C=O) groups excluding carboxylic acids is 1. The summed E-state index contributed by atoms with van der Waals surface area (Å²) in [6.07, 6.45) is 2.78. The fourth-order valence-corrected chi connectivity index (χ4v) is 1.98. The Bertz CT molecular complexity index is 609. The SMILES string of the molecule is C=CN(C(=O)NCc1ccccc1)c1ccccc1C.CC.CC.CCC. The van der Waals surface area contributed by atoms with Gasteiger partial charge in [-0.25, -0.2) is 4.79 Å². The summed E-state index contributed by atoms with van der Waals surface area (Å²) in [6.45, 7) is 18.4. The van der Waals surface area contributed by atoms with Crippen LogP contribution in [0, 0.1) is 6.92 Å². The van der Waals surface area contributed by atoms with Crippen LogP contribution in [0.25, 0.3) is 0 Å². The van der Waals surface area contributed by atoms with Gasteiger partial charge in [0.05, 0.1) is 5.69 Å². The Hall–Kier alpha value is -2.55. The summed E-state index contributed by atoms with van der Waals surface area (Å²) in [7, 11) is 0. The first-order valence-electron chi connectivity index (χ1n) is 9.93. The van der Waals surface area contributed by atoms with Crippen molar-refractivity contribution in [2.75, 3.05) is 4.90 Å². The lowest BCUT2D eigenvalue weighted by Gasteiger charge is -2.20. The molecule has 0 bridgehead atoms. The van der Waals surface area contributed by atoms with Crippen LogP contribution in [-0.2, 0) is 6.54 Å². The molecule has 2 aromatic rings. The van der Waals surface area contributed by atoms with Crippen LogP contribution in [0.2, 0.25) is 0 Å². The van der Waals surface area contributed by atoms with Crippen LogP contribution in [0.5, 0.6) is 0 Å². The van der Waals surface area contributed by atoms with E-state index in [1.54, 1.807) is 0 Å². The molecule has 27 heavy (non-hydrogen) atoms. The number of benzene rings is 2. The van der Waals surface area contributed by atoms with Crippen molar-refractivity contribution in [1.29, 1.82) is 0 Å². The fourth-order valence-electron chi connectivity index (χ4n) is 1.98. The highest BCUT2D eigenvalue weighted by Crippen LogP contribution is 2.19. The maximum absolute atomic E-state index is 12.2. The first-order chi connectivity index (χ1) is 13.1. The van der Waals surface area contributed by atoms with E-state index in [-0.39, 0.29) is 6.03 Å². The van der Waals surface area contributed by atoms with Crippen molar-refractivity contribution < 1.29 is 4.79 Å². The Labute approximate surface area is 167 Å². The maximum atomic E-state index is 12.2. The normalized spacial score (nSPS) is 8.41. The van der Waals surface area contributed by atoms with Gasteiger partial charge in [-0.2, -0.15) is 0 Å². The maximum Gasteiger partial charge on any atom is 0.326 e. The predicted octanol–water partition coefficient (Wildman–Crippen LogP) is 7.32. The van der Waals surface area contributed by atoms with Gasteiger partial charge in [0.2, 0.25) is 0 Å². The van der Waals surface area contributed by atoms with E-state index in [9.17, 15) is 4.79 Å². The molecule has 0 heterocycles. The molecular formula is C24H38N2O. The van der Waals surface area contributed by atoms with Gasteiger partial charge in [-0.15, -0.1) is 0 Å². The fraction of sp³-hybridized carbons (Fsp3) is 0.375. The molecule has 0 radical (unpaired) electrons. The average Bonchev–Trinajstić information content (AvgIpc) is 2.73. The van der Waals surface area contributed by atoms with Crippen LogP contribution in [0.15, 0.2) is 67.4 Å². The van der Waals surface area contributed by atoms with Crippen LogP contribution in [0.1, 0.15) is 59.1 Å². The molecule has 0 aliphatic heterocycles. The van der Waals surface area contributed by atoms with Crippen molar-refractivity contribution in [2.24, 2.45) is 0 Å². The standard InChI is InChI=1S/C17H18N2O.C3H8.2C2H6/c1-3-19(16-12-8-7-9-14(16)2)17(20)18-13-15-10-5-4-6-11-15;1-3-2;2*1-2/h3-12H,1,13H2,2H3,(H,18,20);3H2,1-2H3;2*1-2H3. The van der Waals surface area contributed by atoms with E-state index in [0.717, 1.165) is 16.8 Å². The van der Waals surface area contributed by atoms with Gasteiger partial charge in [0, 0.05) is 12.7 Å². The van der Waals surface area contributed by atoms with Gasteiger partial charge in [-0.05, 0) is 24.1 Å². The van der Waals surface area contributed by atoms with E-state index in [1.165, 1.54) is 17.5 Å². The Morgan fingerprint density at radius 3 is 1.93 bits per heavy atom. The summed E-state index contributed by atoms with van der Waals surface area (Å²) in [5, 5.41) is 2.89. The van der Waals surface area contributed by atoms with E-state index >= 15 is 0 Å². The number of hydrogen-bond acceptors (Lipinski definition) is 1. The highest BCUT2D eigenvalue weighted by molar-refractivity contribution is 5.94. The van der Waals surface area contributed by atoms with E-state index in [1.807, 2.05) is 89.2 Å². The second kappa shape index (κ2) is 18.2. The summed E-state index contributed by atoms with van der Waals surface area (Å²) in [4.78, 5) is 13.8. The van der Waals surface area contributed by atoms with Gasteiger partial charge < -0.3 is 5.32 Å². The third kappa shape index (κ3) is 10.9. The number of nitrogens with one attached hydrogen (secondary N) is 1. The molecule has 0 unspecified atom stereocenters. The molecule has 0 aliphatic rings. The number of para-hydroxylation sites is 1. The topological polar surface area (TPSA) is 32.3 Å². The Morgan fingerprint density at radius 2 is 1.44 bits per heavy atom. The molecule has 3 nitrogen and oxygen atoms in total. The minimum absolute atomic E-state index is 0.182. The van der Waals surface area contributed by atoms with Crippen molar-refractivity contribution in [2.45, 2.75) is 61.4 Å². The molecule has 2 amide bonds. The largest absolute Gasteiger partial charge is 0.333 e. The smallest absolute Gasteiger partial charge is 0.326 e. The third-order valence-corrected chi connectivity index (χ3v) is 3.06. The van der Waals surface area contributed by atoms with Crippen LogP contribution >= 0.6 is 0 Å². The summed E-state index contributed by atoms with van der Waals surface area (Å²) in [6, 6.07) is 17.4. The molecule has 0 saturated heterocycles. The molecule has 150 valence electrons. The second-order valence-electron chi connectivity index (χ2n) is 5.19. The number of hydrogen-bond donors (Lipinski definition) is 1. The highest BCUT2D eigenvalue weighted by Gasteiger charge is 2.13. The minimum atomic E-state index is -0.182. The molecule has 0 atom stereocenters. The quantitative estimate of drug-likeness (QED) is 0.600. The zero-order valence-corrected chi connectivity index (χ0v) is 18.3. The zero-order valence-electron chi connectivity index (χ0n) is 18.3. The van der Waals surface area contributed by atoms with Gasteiger partial charge in [-0.3, -0.25) is 4.90 Å². The number of anilines is 1. The molecule has 0 spiro atoms. The molecule has 1 N–H and O–H groups in total. The zero-order chi connectivity index (χ0) is 21.1. The highest BCUT2D eigenvalue weighted by atomic mass is 16.2. The molecule has 0 fully saturated rings. The monoisotopic (exact) mass is 370 g/mol. The van der Waals surface area contributed by atoms with Crippen LogP contribution < -0.4 is 10.2 Å². The molecule has 2 rings (SSSR count). The van der Waals surface area contributed by atoms with E-state index in [2.05, 4.69) is 25.7 Å². The predicted molar refractivity (Wildman–Crippen MR) is 121 cm³/mol. The van der Waals surface area contributed by atoms with E-state index in [4.69, 9.17) is 0 Å². The molecule has 0 saturated carbocycles. The van der Waals surface area contributed by atoms with E-state index < -0.39 is 0 Å². The second-order valence-corrected chi connectivity index (χ2v) is 5.19. The number of aryl methyl sites for hydroxylation is 1. The van der Waals surface area contributed by atoms with Crippen LogP contribution in [0.4, 0.5) is 10.5 Å². The van der Waals surface area contributed by atoms with Crippen molar-refractivity contribution in [1.82, 2.24) is 5.32 Å². The van der Waals surface area contributed by atoms with Gasteiger partial charge in [-0.1, -0.05) is 103 Å². The first kappa shape index (κ1) is 26.7. The van der Waals surface area contributed by atoms with Crippen molar-refractivity contribution in [3.8, 4) is 0 Å². The third-order valence-electron chi connectivity index (χ3n) is 3.06. The number of amides is 2. The van der Waals surface area contributed by atoms with E-state index in [0.29, 0.717) is 6.54 Å². The van der Waals surface area contributed by atoms with Gasteiger partial charge >= 0.3 is 6.03 Å². The van der Waals surface area contributed by atoms with Crippen LogP contribution in [-0.4, -0.2) is 6.03 Å². The Balaban J connectivity index is 0. The molecule has 0 aliphatic carbocycles. The molecule has 3 heteroatoms. The van der Waals surface area contributed by atoms with Gasteiger partial charge in [0.25, 0.3) is 0 Å². The molecule has 2 aromatic carbocycles. The lowest BCUT2D eigenvalue weighted by Crippen LogP contribution is -2.36. The van der Waals surface area contributed by atoms with Crippen LogP contribution in [0.3, 0.4) is 0 Å². The number of urea groups is 1. The number of carbonyl (C=O) groups is 1. The summed E-state index contributed by atoms with van der Waals surface area (Å²) in [5.74, 6) is 0. The van der Waals surface area contributed by atoms with Crippen molar-refractivity contribution in [3.05, 3.63) is 78.5 Å².